The number of hydrogen-bond donors (Lipinski definition) is 1. The summed E-state index contributed by atoms with van der Waals surface area (Å²) in [5.41, 5.74) is 2.11. The van der Waals surface area contributed by atoms with Crippen LogP contribution in [0.5, 0.6) is 5.75 Å². The zero-order chi connectivity index (χ0) is 13.8. The van der Waals surface area contributed by atoms with Gasteiger partial charge in [0.15, 0.2) is 4.77 Å². The van der Waals surface area contributed by atoms with Gasteiger partial charge in [0.2, 0.25) is 0 Å². The summed E-state index contributed by atoms with van der Waals surface area (Å²) in [5.74, 6) is 0.883. The fourth-order valence-electron chi connectivity index (χ4n) is 2.01. The van der Waals surface area contributed by atoms with Crippen molar-refractivity contribution >= 4 is 23.3 Å². The number of ether oxygens (including phenoxy) is 1. The van der Waals surface area contributed by atoms with Crippen molar-refractivity contribution in [2.24, 2.45) is 0 Å². The first-order valence-corrected chi connectivity index (χ1v) is 7.03. The fourth-order valence-corrected chi connectivity index (χ4v) is 2.30. The van der Waals surface area contributed by atoms with Gasteiger partial charge in [-0.05, 0) is 44.9 Å². The van der Waals surface area contributed by atoms with E-state index in [2.05, 4.69) is 41.5 Å². The number of H-pyrrole nitrogens is 1. The molecule has 5 heteroatoms. The fraction of sp³-hybridized carbons (Fsp3) is 0.500. The van der Waals surface area contributed by atoms with Crippen LogP contribution in [0.25, 0.3) is 11.0 Å². The third kappa shape index (κ3) is 3.16. The number of benzene rings is 1. The second kappa shape index (κ2) is 6.21. The minimum absolute atomic E-state index is 0.725. The highest BCUT2D eigenvalue weighted by atomic mass is 32.1. The summed E-state index contributed by atoms with van der Waals surface area (Å²) in [7, 11) is 4.13. The van der Waals surface area contributed by atoms with E-state index in [-0.39, 0.29) is 0 Å². The average molecular weight is 279 g/mol. The lowest BCUT2D eigenvalue weighted by molar-refractivity contribution is 0.320. The van der Waals surface area contributed by atoms with Crippen molar-refractivity contribution in [1.82, 2.24) is 14.5 Å². The lowest BCUT2D eigenvalue weighted by atomic mass is 10.3. The summed E-state index contributed by atoms with van der Waals surface area (Å²) in [4.78, 5) is 5.41. The number of hydrogen-bond acceptors (Lipinski definition) is 3. The summed E-state index contributed by atoms with van der Waals surface area (Å²) >= 11 is 5.41. The van der Waals surface area contributed by atoms with Crippen molar-refractivity contribution in [3.63, 3.8) is 0 Å². The van der Waals surface area contributed by atoms with Crippen molar-refractivity contribution < 1.29 is 4.74 Å². The monoisotopic (exact) mass is 279 g/mol. The smallest absolute Gasteiger partial charge is 0.178 e. The Balaban J connectivity index is 2.38. The number of nitrogens with one attached hydrogen (secondary N) is 1. The third-order valence-corrected chi connectivity index (χ3v) is 3.33. The number of rotatable bonds is 6. The van der Waals surface area contributed by atoms with Crippen molar-refractivity contribution in [3.8, 4) is 5.75 Å². The van der Waals surface area contributed by atoms with E-state index >= 15 is 0 Å². The highest BCUT2D eigenvalue weighted by Crippen LogP contribution is 2.25. The largest absolute Gasteiger partial charge is 0.491 e. The van der Waals surface area contributed by atoms with Gasteiger partial charge >= 0.3 is 0 Å². The van der Waals surface area contributed by atoms with Gasteiger partial charge in [-0.3, -0.25) is 0 Å². The molecule has 4 nitrogen and oxygen atoms in total. The number of nitrogens with zero attached hydrogens (tertiary/aromatic N) is 2. The van der Waals surface area contributed by atoms with E-state index in [1.54, 1.807) is 0 Å². The summed E-state index contributed by atoms with van der Waals surface area (Å²) in [5, 5.41) is 0. The number of aromatic nitrogens is 2. The molecule has 0 bridgehead atoms. The molecule has 0 saturated carbocycles. The van der Waals surface area contributed by atoms with E-state index in [0.717, 1.165) is 47.7 Å². The molecular formula is C14H21N3OS. The van der Waals surface area contributed by atoms with Gasteiger partial charge in [0.1, 0.15) is 11.3 Å². The number of fused-ring (bicyclic) bond motifs is 1. The second-order valence-electron chi connectivity index (χ2n) is 4.88. The second-order valence-corrected chi connectivity index (χ2v) is 5.27. The first-order chi connectivity index (χ1) is 9.13. The quantitative estimate of drug-likeness (QED) is 0.825. The van der Waals surface area contributed by atoms with Crippen LogP contribution < -0.4 is 4.74 Å². The van der Waals surface area contributed by atoms with Gasteiger partial charge in [0.25, 0.3) is 0 Å². The van der Waals surface area contributed by atoms with E-state index in [1.807, 2.05) is 12.1 Å². The van der Waals surface area contributed by atoms with Gasteiger partial charge < -0.3 is 19.2 Å². The Morgan fingerprint density at radius 1 is 1.37 bits per heavy atom. The zero-order valence-corrected chi connectivity index (χ0v) is 12.6. The Bertz CT molecular complexity index is 600. The highest BCUT2D eigenvalue weighted by molar-refractivity contribution is 7.71. The maximum absolute atomic E-state index is 5.76. The molecule has 0 fully saturated rings. The molecule has 0 aliphatic heterocycles. The average Bonchev–Trinajstić information content (AvgIpc) is 2.70. The number of likely N-dealkylation sites (N-methyl/N-ethyl adjacent to an activating group) is 1. The van der Waals surface area contributed by atoms with E-state index in [9.17, 15) is 0 Å². The zero-order valence-electron chi connectivity index (χ0n) is 11.8. The van der Waals surface area contributed by atoms with Gasteiger partial charge in [-0.2, -0.15) is 0 Å². The van der Waals surface area contributed by atoms with Crippen LogP contribution in [0.15, 0.2) is 18.2 Å². The minimum Gasteiger partial charge on any atom is -0.491 e. The van der Waals surface area contributed by atoms with Crippen molar-refractivity contribution in [2.75, 3.05) is 27.2 Å². The molecule has 1 N–H and O–H groups in total. The van der Waals surface area contributed by atoms with Crippen LogP contribution in [0.1, 0.15) is 13.3 Å². The standard InChI is InChI=1S/C14H21N3OS/c1-4-10-18-12-7-5-6-11-13(12)15-14(19)17(11)9-8-16(2)3/h5-7H,4,8-10H2,1-3H3,(H,15,19). The molecule has 1 heterocycles. The van der Waals surface area contributed by atoms with Gasteiger partial charge in [-0.1, -0.05) is 13.0 Å². The predicted octanol–water partition coefficient (Wildman–Crippen LogP) is 3.05. The van der Waals surface area contributed by atoms with Crippen LogP contribution >= 0.6 is 12.2 Å². The van der Waals surface area contributed by atoms with Crippen molar-refractivity contribution in [1.29, 1.82) is 0 Å². The maximum Gasteiger partial charge on any atom is 0.178 e. The molecule has 0 aliphatic rings. The Labute approximate surface area is 119 Å². The molecular weight excluding hydrogens is 258 g/mol. The molecule has 1 aromatic carbocycles. The van der Waals surface area contributed by atoms with Crippen LogP contribution in [0, 0.1) is 4.77 Å². The van der Waals surface area contributed by atoms with E-state index in [1.165, 1.54) is 0 Å². The first kappa shape index (κ1) is 14.1. The maximum atomic E-state index is 5.76. The summed E-state index contributed by atoms with van der Waals surface area (Å²) in [6.07, 6.45) is 0.998. The van der Waals surface area contributed by atoms with Crippen LogP contribution in [0.3, 0.4) is 0 Å². The summed E-state index contributed by atoms with van der Waals surface area (Å²) < 4.78 is 8.64. The lowest BCUT2D eigenvalue weighted by Crippen LogP contribution is -2.18. The normalized spacial score (nSPS) is 11.4. The highest BCUT2D eigenvalue weighted by Gasteiger charge is 2.09. The molecule has 0 radical (unpaired) electrons. The molecule has 2 rings (SSSR count). The molecule has 0 saturated heterocycles. The number of imidazole rings is 1. The molecule has 0 aliphatic carbocycles. The molecule has 2 aromatic rings. The van der Waals surface area contributed by atoms with Gasteiger partial charge in [-0.15, -0.1) is 0 Å². The Kier molecular flexibility index (Phi) is 4.61. The Morgan fingerprint density at radius 2 is 2.16 bits per heavy atom. The predicted molar refractivity (Wildman–Crippen MR) is 81.5 cm³/mol. The van der Waals surface area contributed by atoms with E-state index < -0.39 is 0 Å². The number of aromatic amines is 1. The molecule has 104 valence electrons. The van der Waals surface area contributed by atoms with E-state index in [4.69, 9.17) is 17.0 Å². The van der Waals surface area contributed by atoms with Crippen LogP contribution in [0.2, 0.25) is 0 Å². The van der Waals surface area contributed by atoms with Gasteiger partial charge in [0.05, 0.1) is 12.1 Å². The van der Waals surface area contributed by atoms with Gasteiger partial charge in [0, 0.05) is 13.1 Å². The van der Waals surface area contributed by atoms with Crippen LogP contribution in [-0.2, 0) is 6.54 Å². The summed E-state index contributed by atoms with van der Waals surface area (Å²) in [6.45, 7) is 4.66. The van der Waals surface area contributed by atoms with Crippen LogP contribution in [0.4, 0.5) is 0 Å². The van der Waals surface area contributed by atoms with Crippen LogP contribution in [-0.4, -0.2) is 41.7 Å². The molecule has 0 amide bonds. The Morgan fingerprint density at radius 3 is 2.84 bits per heavy atom. The molecule has 19 heavy (non-hydrogen) atoms. The Hall–Kier alpha value is -1.33. The SMILES string of the molecule is CCCOc1cccc2c1[nH]c(=S)n2CCN(C)C. The van der Waals surface area contributed by atoms with Gasteiger partial charge in [-0.25, -0.2) is 0 Å². The minimum atomic E-state index is 0.725. The lowest BCUT2D eigenvalue weighted by Gasteiger charge is -2.11. The van der Waals surface area contributed by atoms with E-state index in [0.29, 0.717) is 0 Å². The number of para-hydroxylation sites is 1. The van der Waals surface area contributed by atoms with Crippen molar-refractivity contribution in [2.45, 2.75) is 19.9 Å². The third-order valence-electron chi connectivity index (χ3n) is 3.00. The van der Waals surface area contributed by atoms with Crippen molar-refractivity contribution in [3.05, 3.63) is 23.0 Å². The topological polar surface area (TPSA) is 33.2 Å². The molecule has 0 atom stereocenters. The molecule has 0 unspecified atom stereocenters. The molecule has 0 spiro atoms. The molecule has 1 aromatic heterocycles. The summed E-state index contributed by atoms with van der Waals surface area (Å²) in [6, 6.07) is 6.08. The first-order valence-electron chi connectivity index (χ1n) is 6.62.